The minimum atomic E-state index is -3.49. The molecule has 0 radical (unpaired) electrons. The van der Waals surface area contributed by atoms with Crippen LogP contribution in [0, 0.1) is 6.92 Å². The molecule has 118 valence electrons. The van der Waals surface area contributed by atoms with Crippen molar-refractivity contribution >= 4 is 15.9 Å². The Hall–Kier alpha value is -1.60. The Labute approximate surface area is 125 Å². The first-order chi connectivity index (χ1) is 9.90. The number of hydrogen-bond donors (Lipinski definition) is 2. The highest BCUT2D eigenvalue weighted by molar-refractivity contribution is 7.89. The molecule has 0 aliphatic carbocycles. The second-order valence-electron chi connectivity index (χ2n) is 4.57. The van der Waals surface area contributed by atoms with Gasteiger partial charge in [0.25, 0.3) is 5.91 Å². The van der Waals surface area contributed by atoms with Crippen molar-refractivity contribution in [3.63, 3.8) is 0 Å². The van der Waals surface area contributed by atoms with Crippen LogP contribution >= 0.6 is 0 Å². The van der Waals surface area contributed by atoms with E-state index in [1.54, 1.807) is 13.0 Å². The number of carbonyl (C=O) groups is 1. The highest BCUT2D eigenvalue weighted by atomic mass is 32.2. The topological polar surface area (TPSA) is 84.5 Å². The summed E-state index contributed by atoms with van der Waals surface area (Å²) in [5.41, 5.74) is 0.665. The Morgan fingerprint density at radius 1 is 1.29 bits per heavy atom. The van der Waals surface area contributed by atoms with Gasteiger partial charge in [-0.1, -0.05) is 6.92 Å². The van der Waals surface area contributed by atoms with Gasteiger partial charge in [0, 0.05) is 13.1 Å². The van der Waals surface area contributed by atoms with Crippen LogP contribution in [0.1, 0.15) is 25.8 Å². The van der Waals surface area contributed by atoms with E-state index in [0.717, 1.165) is 6.42 Å². The zero-order chi connectivity index (χ0) is 15.9. The number of likely N-dealkylation sites (N-methyl/N-ethyl adjacent to an activating group) is 1. The molecule has 1 aromatic rings. The first kappa shape index (κ1) is 17.5. The first-order valence-corrected chi connectivity index (χ1v) is 8.38. The molecule has 0 atom stereocenters. The molecule has 0 unspecified atom stereocenters. The SMILES string of the molecule is CCCNS(=O)(=O)c1ccc(OCC(=O)NCC)c(C)c1. The van der Waals surface area contributed by atoms with Crippen molar-refractivity contribution in [3.05, 3.63) is 23.8 Å². The van der Waals surface area contributed by atoms with Crippen molar-refractivity contribution in [2.24, 2.45) is 0 Å². The van der Waals surface area contributed by atoms with Crippen molar-refractivity contribution in [1.29, 1.82) is 0 Å². The number of rotatable bonds is 8. The summed E-state index contributed by atoms with van der Waals surface area (Å²) in [6.45, 7) is 6.32. The van der Waals surface area contributed by atoms with Gasteiger partial charge in [-0.3, -0.25) is 4.79 Å². The van der Waals surface area contributed by atoms with E-state index in [-0.39, 0.29) is 17.4 Å². The van der Waals surface area contributed by atoms with Crippen molar-refractivity contribution in [2.75, 3.05) is 19.7 Å². The van der Waals surface area contributed by atoms with Gasteiger partial charge < -0.3 is 10.1 Å². The molecule has 7 heteroatoms. The van der Waals surface area contributed by atoms with Gasteiger partial charge in [0.15, 0.2) is 6.61 Å². The molecule has 0 spiro atoms. The molecule has 0 heterocycles. The molecule has 0 saturated carbocycles. The minimum absolute atomic E-state index is 0.0884. The van der Waals surface area contributed by atoms with E-state index in [2.05, 4.69) is 10.0 Å². The summed E-state index contributed by atoms with van der Waals surface area (Å²) < 4.78 is 31.9. The second-order valence-corrected chi connectivity index (χ2v) is 6.33. The molecule has 1 amide bonds. The van der Waals surface area contributed by atoms with Crippen LogP contribution in [-0.2, 0) is 14.8 Å². The number of amides is 1. The normalized spacial score (nSPS) is 11.2. The van der Waals surface area contributed by atoms with Gasteiger partial charge in [0.05, 0.1) is 4.90 Å². The van der Waals surface area contributed by atoms with Gasteiger partial charge in [-0.25, -0.2) is 13.1 Å². The predicted molar refractivity (Wildman–Crippen MR) is 80.8 cm³/mol. The summed E-state index contributed by atoms with van der Waals surface area (Å²) in [6, 6.07) is 4.57. The first-order valence-electron chi connectivity index (χ1n) is 6.90. The number of carbonyl (C=O) groups excluding carboxylic acids is 1. The zero-order valence-corrected chi connectivity index (χ0v) is 13.4. The average molecular weight is 314 g/mol. The third-order valence-corrected chi connectivity index (χ3v) is 4.19. The fourth-order valence-electron chi connectivity index (χ4n) is 1.66. The highest BCUT2D eigenvalue weighted by Crippen LogP contribution is 2.21. The van der Waals surface area contributed by atoms with Crippen molar-refractivity contribution in [1.82, 2.24) is 10.0 Å². The van der Waals surface area contributed by atoms with Crippen molar-refractivity contribution < 1.29 is 17.9 Å². The maximum Gasteiger partial charge on any atom is 0.257 e. The summed E-state index contributed by atoms with van der Waals surface area (Å²) in [6.07, 6.45) is 0.728. The van der Waals surface area contributed by atoms with Crippen LogP contribution in [0.5, 0.6) is 5.75 Å². The van der Waals surface area contributed by atoms with Crippen molar-refractivity contribution in [3.8, 4) is 5.75 Å². The molecule has 6 nitrogen and oxygen atoms in total. The van der Waals surface area contributed by atoms with E-state index in [0.29, 0.717) is 24.4 Å². The fourth-order valence-corrected chi connectivity index (χ4v) is 2.88. The van der Waals surface area contributed by atoms with E-state index in [1.165, 1.54) is 12.1 Å². The lowest BCUT2D eigenvalue weighted by Gasteiger charge is -2.11. The van der Waals surface area contributed by atoms with Crippen LogP contribution < -0.4 is 14.8 Å². The maximum atomic E-state index is 12.0. The van der Waals surface area contributed by atoms with Crippen LogP contribution in [0.15, 0.2) is 23.1 Å². The Balaban J connectivity index is 2.78. The fraction of sp³-hybridized carbons (Fsp3) is 0.500. The van der Waals surface area contributed by atoms with Crippen molar-refractivity contribution in [2.45, 2.75) is 32.1 Å². The minimum Gasteiger partial charge on any atom is -0.484 e. The summed E-state index contributed by atoms with van der Waals surface area (Å²) in [4.78, 5) is 11.5. The van der Waals surface area contributed by atoms with Gasteiger partial charge in [0.2, 0.25) is 10.0 Å². The van der Waals surface area contributed by atoms with E-state index >= 15 is 0 Å². The van der Waals surface area contributed by atoms with E-state index in [4.69, 9.17) is 4.74 Å². The van der Waals surface area contributed by atoms with Gasteiger partial charge >= 0.3 is 0 Å². The van der Waals surface area contributed by atoms with Gasteiger partial charge in [-0.05, 0) is 44.0 Å². The van der Waals surface area contributed by atoms with Crippen LogP contribution in [0.3, 0.4) is 0 Å². The molecule has 0 aliphatic rings. The average Bonchev–Trinajstić information content (AvgIpc) is 2.44. The molecule has 0 saturated heterocycles. The summed E-state index contributed by atoms with van der Waals surface area (Å²) in [5.74, 6) is 0.286. The Morgan fingerprint density at radius 3 is 2.57 bits per heavy atom. The molecule has 0 fully saturated rings. The van der Waals surface area contributed by atoms with Gasteiger partial charge in [-0.15, -0.1) is 0 Å². The Kier molecular flexibility index (Phi) is 6.64. The lowest BCUT2D eigenvalue weighted by atomic mass is 10.2. The number of sulfonamides is 1. The zero-order valence-electron chi connectivity index (χ0n) is 12.6. The van der Waals surface area contributed by atoms with Crippen LogP contribution in [-0.4, -0.2) is 34.0 Å². The lowest BCUT2D eigenvalue weighted by Crippen LogP contribution is -2.28. The number of aryl methyl sites for hydroxylation is 1. The molecule has 2 N–H and O–H groups in total. The van der Waals surface area contributed by atoms with E-state index in [9.17, 15) is 13.2 Å². The summed E-state index contributed by atoms with van der Waals surface area (Å²) in [5, 5.41) is 2.62. The quantitative estimate of drug-likeness (QED) is 0.755. The van der Waals surface area contributed by atoms with Crippen LogP contribution in [0.2, 0.25) is 0 Å². The summed E-state index contributed by atoms with van der Waals surface area (Å²) in [7, 11) is -3.49. The predicted octanol–water partition coefficient (Wildman–Crippen LogP) is 1.20. The number of ether oxygens (including phenoxy) is 1. The molecule has 0 aromatic heterocycles. The monoisotopic (exact) mass is 314 g/mol. The van der Waals surface area contributed by atoms with E-state index in [1.807, 2.05) is 13.8 Å². The maximum absolute atomic E-state index is 12.0. The lowest BCUT2D eigenvalue weighted by molar-refractivity contribution is -0.122. The molecule has 0 aliphatic heterocycles. The largest absolute Gasteiger partial charge is 0.484 e. The standard InChI is InChI=1S/C14H22N2O4S/c1-4-8-16-21(18,19)12-6-7-13(11(3)9-12)20-10-14(17)15-5-2/h6-7,9,16H,4-5,8,10H2,1-3H3,(H,15,17). The molecule has 1 rings (SSSR count). The molecular weight excluding hydrogens is 292 g/mol. The van der Waals surface area contributed by atoms with Gasteiger partial charge in [0.1, 0.15) is 5.75 Å². The molecule has 0 bridgehead atoms. The Bertz CT molecular complexity index is 585. The smallest absolute Gasteiger partial charge is 0.257 e. The highest BCUT2D eigenvalue weighted by Gasteiger charge is 2.14. The third kappa shape index (κ3) is 5.35. The summed E-state index contributed by atoms with van der Waals surface area (Å²) >= 11 is 0. The van der Waals surface area contributed by atoms with Gasteiger partial charge in [-0.2, -0.15) is 0 Å². The molecule has 21 heavy (non-hydrogen) atoms. The number of hydrogen-bond acceptors (Lipinski definition) is 4. The third-order valence-electron chi connectivity index (χ3n) is 2.73. The number of nitrogens with one attached hydrogen (secondary N) is 2. The molecule has 1 aromatic carbocycles. The van der Waals surface area contributed by atoms with Crippen LogP contribution in [0.4, 0.5) is 0 Å². The Morgan fingerprint density at radius 2 is 2.00 bits per heavy atom. The van der Waals surface area contributed by atoms with Crippen LogP contribution in [0.25, 0.3) is 0 Å². The van der Waals surface area contributed by atoms with E-state index < -0.39 is 10.0 Å². The second kappa shape index (κ2) is 7.99. The number of benzene rings is 1. The molecular formula is C14H22N2O4S.